The molecular weight excluding hydrogens is 453 g/mol. The highest BCUT2D eigenvalue weighted by Gasteiger charge is 2.16. The first-order chi connectivity index (χ1) is 13.3. The summed E-state index contributed by atoms with van der Waals surface area (Å²) in [6.45, 7) is 0. The maximum absolute atomic E-state index is 12.9. The molecule has 7 nitrogen and oxygen atoms in total. The van der Waals surface area contributed by atoms with Crippen molar-refractivity contribution in [2.75, 3.05) is 11.1 Å². The van der Waals surface area contributed by atoms with Crippen molar-refractivity contribution in [3.8, 4) is 11.5 Å². The molecule has 28 heavy (non-hydrogen) atoms. The van der Waals surface area contributed by atoms with Crippen LogP contribution < -0.4 is 5.32 Å². The fourth-order valence-electron chi connectivity index (χ4n) is 2.35. The number of nitrogens with zero attached hydrogens (tertiary/aromatic N) is 2. The third kappa shape index (κ3) is 5.23. The minimum Gasteiger partial charge on any atom is -0.403 e. The van der Waals surface area contributed by atoms with Gasteiger partial charge < -0.3 is 4.42 Å². The number of aromatic nitrogens is 2. The molecule has 146 valence electrons. The Balaban J connectivity index is 1.52. The second-order valence-electron chi connectivity index (χ2n) is 5.84. The van der Waals surface area contributed by atoms with Crippen LogP contribution in [0.15, 0.2) is 62.3 Å². The highest BCUT2D eigenvalue weighted by Crippen LogP contribution is 2.22. The Labute approximate surface area is 169 Å². The van der Waals surface area contributed by atoms with Crippen molar-refractivity contribution in [1.29, 1.82) is 0 Å². The van der Waals surface area contributed by atoms with Crippen LogP contribution in [0.25, 0.3) is 11.5 Å². The van der Waals surface area contributed by atoms with Crippen LogP contribution in [0.2, 0.25) is 0 Å². The average Bonchev–Trinajstić information content (AvgIpc) is 3.11. The molecule has 0 saturated carbocycles. The molecule has 3 rings (SSSR count). The lowest BCUT2D eigenvalue weighted by Gasteiger charge is -2.04. The molecule has 0 radical (unpaired) electrons. The predicted octanol–water partition coefficient (Wildman–Crippen LogP) is 3.83. The number of rotatable bonds is 7. The van der Waals surface area contributed by atoms with E-state index in [4.69, 9.17) is 4.42 Å². The fraction of sp³-hybridized carbons (Fsp3) is 0.167. The number of hydrogen-bond donors (Lipinski definition) is 1. The lowest BCUT2D eigenvalue weighted by Crippen LogP contribution is -2.14. The number of benzene rings is 2. The van der Waals surface area contributed by atoms with Gasteiger partial charge in [-0.25, -0.2) is 12.8 Å². The van der Waals surface area contributed by atoms with E-state index in [9.17, 15) is 17.6 Å². The van der Waals surface area contributed by atoms with Gasteiger partial charge in [0, 0.05) is 16.5 Å². The number of carbonyl (C=O) groups is 1. The fourth-order valence-corrected chi connectivity index (χ4v) is 3.92. The van der Waals surface area contributed by atoms with E-state index >= 15 is 0 Å². The first-order valence-electron chi connectivity index (χ1n) is 8.21. The molecule has 0 unspecified atom stereocenters. The molecule has 0 aliphatic carbocycles. The third-order valence-electron chi connectivity index (χ3n) is 3.75. The van der Waals surface area contributed by atoms with Crippen LogP contribution in [0.1, 0.15) is 12.8 Å². The van der Waals surface area contributed by atoms with Gasteiger partial charge in [0.15, 0.2) is 9.84 Å². The molecule has 0 aliphatic rings. The van der Waals surface area contributed by atoms with Gasteiger partial charge in [-0.2, -0.15) is 0 Å². The Morgan fingerprint density at radius 1 is 1.07 bits per heavy atom. The zero-order valence-corrected chi connectivity index (χ0v) is 16.8. The van der Waals surface area contributed by atoms with E-state index in [1.807, 2.05) is 12.1 Å². The van der Waals surface area contributed by atoms with E-state index in [0.717, 1.165) is 16.6 Å². The van der Waals surface area contributed by atoms with Gasteiger partial charge in [0.25, 0.3) is 0 Å². The van der Waals surface area contributed by atoms with Crippen LogP contribution in [-0.4, -0.2) is 30.3 Å². The molecule has 1 aromatic heterocycles. The van der Waals surface area contributed by atoms with Gasteiger partial charge in [0.2, 0.25) is 11.8 Å². The van der Waals surface area contributed by atoms with Gasteiger partial charge in [0.05, 0.1) is 10.6 Å². The normalized spacial score (nSPS) is 11.4. The van der Waals surface area contributed by atoms with Crippen LogP contribution in [0.3, 0.4) is 0 Å². The Morgan fingerprint density at radius 3 is 2.43 bits per heavy atom. The van der Waals surface area contributed by atoms with Gasteiger partial charge in [-0.05, 0) is 55.0 Å². The van der Waals surface area contributed by atoms with Gasteiger partial charge in [0.1, 0.15) is 5.82 Å². The Morgan fingerprint density at radius 2 is 1.75 bits per heavy atom. The summed E-state index contributed by atoms with van der Waals surface area (Å²) < 4.78 is 43.5. The van der Waals surface area contributed by atoms with Crippen LogP contribution in [0.4, 0.5) is 10.4 Å². The van der Waals surface area contributed by atoms with E-state index in [2.05, 4.69) is 31.4 Å². The van der Waals surface area contributed by atoms with Crippen molar-refractivity contribution < 1.29 is 22.0 Å². The lowest BCUT2D eigenvalue weighted by molar-refractivity contribution is -0.116. The smallest absolute Gasteiger partial charge is 0.322 e. The molecule has 1 N–H and O–H groups in total. The maximum Gasteiger partial charge on any atom is 0.322 e. The summed E-state index contributed by atoms with van der Waals surface area (Å²) in [5, 5.41) is 10.1. The number of carbonyl (C=O) groups excluding carboxylic acids is 1. The van der Waals surface area contributed by atoms with Gasteiger partial charge in [-0.15, -0.1) is 5.10 Å². The maximum atomic E-state index is 12.9. The zero-order chi connectivity index (χ0) is 20.1. The lowest BCUT2D eigenvalue weighted by atomic mass is 10.2. The molecule has 0 fully saturated rings. The van der Waals surface area contributed by atoms with Gasteiger partial charge >= 0.3 is 6.01 Å². The Kier molecular flexibility index (Phi) is 6.20. The van der Waals surface area contributed by atoms with E-state index in [1.165, 1.54) is 12.1 Å². The second kappa shape index (κ2) is 8.61. The Bertz CT molecular complexity index is 1070. The molecule has 1 amide bonds. The minimum absolute atomic E-state index is 0.0188. The molecule has 0 spiro atoms. The van der Waals surface area contributed by atoms with Crippen molar-refractivity contribution in [1.82, 2.24) is 10.2 Å². The van der Waals surface area contributed by atoms with Crippen molar-refractivity contribution in [2.24, 2.45) is 0 Å². The molecule has 0 aliphatic heterocycles. The van der Waals surface area contributed by atoms with E-state index in [-0.39, 0.29) is 35.4 Å². The molecule has 2 aromatic carbocycles. The van der Waals surface area contributed by atoms with Crippen molar-refractivity contribution in [3.63, 3.8) is 0 Å². The Hall–Kier alpha value is -2.59. The van der Waals surface area contributed by atoms with Crippen molar-refractivity contribution in [3.05, 3.63) is 58.8 Å². The SMILES string of the molecule is O=C(CCCS(=O)(=O)c1ccc(F)cc1)Nc1nnc(-c2ccc(Br)cc2)o1. The zero-order valence-electron chi connectivity index (χ0n) is 14.4. The second-order valence-corrected chi connectivity index (χ2v) is 8.87. The summed E-state index contributed by atoms with van der Waals surface area (Å²) in [5.41, 5.74) is 0.696. The van der Waals surface area contributed by atoms with E-state index in [0.29, 0.717) is 5.56 Å². The van der Waals surface area contributed by atoms with Crippen molar-refractivity contribution >= 4 is 37.7 Å². The first kappa shape index (κ1) is 20.2. The highest BCUT2D eigenvalue weighted by molar-refractivity contribution is 9.10. The van der Waals surface area contributed by atoms with E-state index in [1.54, 1.807) is 12.1 Å². The standard InChI is InChI=1S/C18H15BrFN3O4S/c19-13-5-3-12(4-6-13)17-22-23-18(27-17)21-16(24)2-1-11-28(25,26)15-9-7-14(20)8-10-15/h3-10H,1-2,11H2,(H,21,23,24). The number of anilines is 1. The number of sulfone groups is 1. The van der Waals surface area contributed by atoms with Gasteiger partial charge in [-0.1, -0.05) is 21.0 Å². The number of halogens is 2. The average molecular weight is 468 g/mol. The molecule has 1 heterocycles. The summed E-state index contributed by atoms with van der Waals surface area (Å²) in [4.78, 5) is 12.0. The predicted molar refractivity (Wildman–Crippen MR) is 104 cm³/mol. The molecule has 0 bridgehead atoms. The van der Waals surface area contributed by atoms with Crippen LogP contribution in [0.5, 0.6) is 0 Å². The van der Waals surface area contributed by atoms with E-state index < -0.39 is 21.6 Å². The highest BCUT2D eigenvalue weighted by atomic mass is 79.9. The molecule has 3 aromatic rings. The molecule has 0 atom stereocenters. The summed E-state index contributed by atoms with van der Waals surface area (Å²) >= 11 is 3.33. The summed E-state index contributed by atoms with van der Waals surface area (Å²) in [7, 11) is -3.58. The topological polar surface area (TPSA) is 102 Å². The first-order valence-corrected chi connectivity index (χ1v) is 10.7. The van der Waals surface area contributed by atoms with Crippen LogP contribution >= 0.6 is 15.9 Å². The van der Waals surface area contributed by atoms with Crippen LogP contribution in [-0.2, 0) is 14.6 Å². The third-order valence-corrected chi connectivity index (χ3v) is 6.10. The number of amides is 1. The minimum atomic E-state index is -3.58. The molecule has 0 saturated heterocycles. The molecular formula is C18H15BrFN3O4S. The van der Waals surface area contributed by atoms with Crippen molar-refractivity contribution in [2.45, 2.75) is 17.7 Å². The van der Waals surface area contributed by atoms with Gasteiger partial charge in [-0.3, -0.25) is 10.1 Å². The molecule has 10 heteroatoms. The summed E-state index contributed by atoms with van der Waals surface area (Å²) in [6, 6.07) is 11.7. The quantitative estimate of drug-likeness (QED) is 0.529. The number of hydrogen-bond acceptors (Lipinski definition) is 6. The monoisotopic (exact) mass is 467 g/mol. The summed E-state index contributed by atoms with van der Waals surface area (Å²) in [6.07, 6.45) is 0.0513. The van der Waals surface area contributed by atoms with Crippen LogP contribution in [0, 0.1) is 5.82 Å². The number of nitrogens with one attached hydrogen (secondary N) is 1. The summed E-state index contributed by atoms with van der Waals surface area (Å²) in [5.74, 6) is -0.942. The largest absolute Gasteiger partial charge is 0.403 e.